The van der Waals surface area contributed by atoms with Crippen LogP contribution in [0, 0.1) is 0 Å². The number of nitrogens with zero attached hydrogens (tertiary/aromatic N) is 2. The lowest BCUT2D eigenvalue weighted by Gasteiger charge is -2.24. The molecule has 2 atom stereocenters. The van der Waals surface area contributed by atoms with Gasteiger partial charge >= 0.3 is 5.97 Å². The highest BCUT2D eigenvalue weighted by atomic mass is 32.2. The molecular formula is C17H20N2O6S2. The predicted octanol–water partition coefficient (Wildman–Crippen LogP) is 1.55. The summed E-state index contributed by atoms with van der Waals surface area (Å²) in [6, 6.07) is 6.88. The molecule has 0 radical (unpaired) electrons. The summed E-state index contributed by atoms with van der Waals surface area (Å²) in [6.07, 6.45) is 0.165. The van der Waals surface area contributed by atoms with Gasteiger partial charge in [-0.1, -0.05) is 17.8 Å². The third-order valence-corrected chi connectivity index (χ3v) is 7.61. The molecule has 2 saturated heterocycles. The minimum atomic E-state index is -3.14. The van der Waals surface area contributed by atoms with Crippen molar-refractivity contribution in [3.8, 4) is 5.75 Å². The number of amidine groups is 1. The summed E-state index contributed by atoms with van der Waals surface area (Å²) in [6.45, 7) is 0. The Kier molecular flexibility index (Phi) is 5.75. The Hall–Kier alpha value is -2.07. The Morgan fingerprint density at radius 2 is 2.11 bits per heavy atom. The number of aliphatic carboxylic acids is 1. The smallest absolute Gasteiger partial charge is 0.303 e. The predicted molar refractivity (Wildman–Crippen MR) is 103 cm³/mol. The van der Waals surface area contributed by atoms with Gasteiger partial charge in [0.1, 0.15) is 5.75 Å². The number of carboxylic acid groups (broad SMARTS) is 1. The molecule has 0 aliphatic carbocycles. The van der Waals surface area contributed by atoms with E-state index < -0.39 is 21.7 Å². The van der Waals surface area contributed by atoms with Crippen LogP contribution in [-0.2, 0) is 19.4 Å². The van der Waals surface area contributed by atoms with E-state index in [0.717, 1.165) is 0 Å². The molecule has 2 aliphatic heterocycles. The van der Waals surface area contributed by atoms with Crippen molar-refractivity contribution in [2.24, 2.45) is 4.99 Å². The van der Waals surface area contributed by atoms with Crippen LogP contribution in [0.3, 0.4) is 0 Å². The molecule has 8 nitrogen and oxygen atoms in total. The number of sulfone groups is 1. The first-order valence-corrected chi connectivity index (χ1v) is 11.1. The van der Waals surface area contributed by atoms with Gasteiger partial charge in [-0.3, -0.25) is 9.59 Å². The first-order valence-electron chi connectivity index (χ1n) is 8.43. The molecule has 2 heterocycles. The van der Waals surface area contributed by atoms with Crippen LogP contribution < -0.4 is 9.64 Å². The molecule has 1 aromatic rings. The fourth-order valence-corrected chi connectivity index (χ4v) is 7.11. The Balaban J connectivity index is 1.87. The number of ether oxygens (including phenoxy) is 1. The first-order chi connectivity index (χ1) is 12.8. The van der Waals surface area contributed by atoms with E-state index in [-0.39, 0.29) is 42.1 Å². The molecule has 0 aromatic heterocycles. The molecule has 1 N–H and O–H groups in total. The van der Waals surface area contributed by atoms with Gasteiger partial charge in [0.15, 0.2) is 15.0 Å². The summed E-state index contributed by atoms with van der Waals surface area (Å²) in [4.78, 5) is 28.7. The van der Waals surface area contributed by atoms with Gasteiger partial charge in [0.25, 0.3) is 0 Å². The minimum absolute atomic E-state index is 0.00804. The van der Waals surface area contributed by atoms with Crippen molar-refractivity contribution in [1.82, 2.24) is 0 Å². The summed E-state index contributed by atoms with van der Waals surface area (Å²) in [7, 11) is -1.59. The third-order valence-electron chi connectivity index (χ3n) is 4.40. The number of carbonyl (C=O) groups excluding carboxylic acids is 1. The fraction of sp³-hybridized carbons (Fsp3) is 0.471. The van der Waals surface area contributed by atoms with Crippen molar-refractivity contribution >= 4 is 44.3 Å². The number of methoxy groups -OCH3 is 1. The van der Waals surface area contributed by atoms with Crippen molar-refractivity contribution < 1.29 is 27.9 Å². The highest BCUT2D eigenvalue weighted by Crippen LogP contribution is 2.41. The number of carboxylic acids is 1. The highest BCUT2D eigenvalue weighted by Gasteiger charge is 2.49. The maximum absolute atomic E-state index is 12.2. The monoisotopic (exact) mass is 412 g/mol. The quantitative estimate of drug-likeness (QED) is 0.749. The Labute approximate surface area is 161 Å². The number of rotatable bonds is 6. The number of fused-ring (bicyclic) bond motifs is 1. The second-order valence-electron chi connectivity index (χ2n) is 6.41. The molecule has 0 bridgehead atoms. The Morgan fingerprint density at radius 1 is 1.33 bits per heavy atom. The largest absolute Gasteiger partial charge is 0.497 e. The zero-order valence-electron chi connectivity index (χ0n) is 14.7. The van der Waals surface area contributed by atoms with E-state index >= 15 is 0 Å². The molecule has 27 heavy (non-hydrogen) atoms. The maximum Gasteiger partial charge on any atom is 0.303 e. The van der Waals surface area contributed by atoms with E-state index in [2.05, 4.69) is 4.99 Å². The molecule has 2 aliphatic rings. The van der Waals surface area contributed by atoms with E-state index in [4.69, 9.17) is 9.84 Å². The summed E-state index contributed by atoms with van der Waals surface area (Å²) >= 11 is 1.29. The summed E-state index contributed by atoms with van der Waals surface area (Å²) in [5.74, 6) is -0.685. The molecule has 3 rings (SSSR count). The molecule has 10 heteroatoms. The topological polar surface area (TPSA) is 113 Å². The Bertz CT molecular complexity index is 883. The SMILES string of the molecule is COc1cccc(N2C(=NC(=O)CCCC(=O)O)SC3CS(=O)(=O)CC32)c1. The van der Waals surface area contributed by atoms with Crippen molar-refractivity contribution in [2.45, 2.75) is 30.6 Å². The van der Waals surface area contributed by atoms with E-state index in [1.54, 1.807) is 30.2 Å². The zero-order valence-corrected chi connectivity index (χ0v) is 16.3. The van der Waals surface area contributed by atoms with E-state index in [0.29, 0.717) is 16.6 Å². The average molecular weight is 412 g/mol. The molecule has 2 unspecified atom stereocenters. The van der Waals surface area contributed by atoms with Crippen LogP contribution in [0.4, 0.5) is 5.69 Å². The van der Waals surface area contributed by atoms with Gasteiger partial charge in [0.05, 0.1) is 24.7 Å². The number of carbonyl (C=O) groups is 2. The van der Waals surface area contributed by atoms with E-state index in [1.807, 2.05) is 6.07 Å². The molecule has 146 valence electrons. The van der Waals surface area contributed by atoms with Crippen LogP contribution in [0.25, 0.3) is 0 Å². The van der Waals surface area contributed by atoms with E-state index in [1.165, 1.54) is 11.8 Å². The van der Waals surface area contributed by atoms with Crippen LogP contribution in [-0.4, -0.2) is 60.5 Å². The van der Waals surface area contributed by atoms with Gasteiger partial charge in [-0.2, -0.15) is 4.99 Å². The second kappa shape index (κ2) is 7.89. The molecule has 1 amide bonds. The van der Waals surface area contributed by atoms with Crippen molar-refractivity contribution in [3.05, 3.63) is 24.3 Å². The van der Waals surface area contributed by atoms with Crippen LogP contribution in [0.2, 0.25) is 0 Å². The van der Waals surface area contributed by atoms with Gasteiger partial charge in [-0.25, -0.2) is 8.42 Å². The standard InChI is InChI=1S/C17H20N2O6S2/c1-25-12-5-2-4-11(8-12)19-13-9-27(23,24)10-14(13)26-17(19)18-15(20)6-3-7-16(21)22/h2,4-5,8,13-14H,3,6-7,9-10H2,1H3,(H,21,22). The molecular weight excluding hydrogens is 392 g/mol. The van der Waals surface area contributed by atoms with Gasteiger partial charge in [0, 0.05) is 29.8 Å². The zero-order chi connectivity index (χ0) is 19.6. The molecule has 0 spiro atoms. The number of hydrogen-bond acceptors (Lipinski definition) is 6. The lowest BCUT2D eigenvalue weighted by atomic mass is 10.2. The summed E-state index contributed by atoms with van der Waals surface area (Å²) in [5.41, 5.74) is 0.712. The minimum Gasteiger partial charge on any atom is -0.497 e. The number of thioether (sulfide) groups is 1. The normalized spacial score (nSPS) is 24.8. The van der Waals surface area contributed by atoms with E-state index in [9.17, 15) is 18.0 Å². The van der Waals surface area contributed by atoms with Crippen molar-refractivity contribution in [1.29, 1.82) is 0 Å². The average Bonchev–Trinajstić information content (AvgIpc) is 3.05. The van der Waals surface area contributed by atoms with Crippen molar-refractivity contribution in [2.75, 3.05) is 23.5 Å². The van der Waals surface area contributed by atoms with Crippen molar-refractivity contribution in [3.63, 3.8) is 0 Å². The lowest BCUT2D eigenvalue weighted by molar-refractivity contribution is -0.137. The molecule has 1 aromatic carbocycles. The van der Waals surface area contributed by atoms with Crippen LogP contribution >= 0.6 is 11.8 Å². The number of anilines is 1. The number of hydrogen-bond donors (Lipinski definition) is 1. The first kappa shape index (κ1) is 19.7. The van der Waals surface area contributed by atoms with Crippen LogP contribution in [0.1, 0.15) is 19.3 Å². The second-order valence-corrected chi connectivity index (χ2v) is 9.77. The maximum atomic E-state index is 12.2. The number of aliphatic imine (C=N–C) groups is 1. The number of benzene rings is 1. The van der Waals surface area contributed by atoms with Gasteiger partial charge in [-0.15, -0.1) is 0 Å². The van der Waals surface area contributed by atoms with Crippen LogP contribution in [0.15, 0.2) is 29.3 Å². The van der Waals surface area contributed by atoms with Crippen LogP contribution in [0.5, 0.6) is 5.75 Å². The summed E-state index contributed by atoms with van der Waals surface area (Å²) < 4.78 is 29.3. The lowest BCUT2D eigenvalue weighted by Crippen LogP contribution is -2.37. The molecule has 0 saturated carbocycles. The fourth-order valence-electron chi connectivity index (χ4n) is 3.18. The highest BCUT2D eigenvalue weighted by molar-refractivity contribution is 8.16. The third kappa shape index (κ3) is 4.62. The Morgan fingerprint density at radius 3 is 2.81 bits per heavy atom. The number of amides is 1. The van der Waals surface area contributed by atoms with Gasteiger partial charge in [-0.05, 0) is 18.6 Å². The molecule has 2 fully saturated rings. The summed E-state index contributed by atoms with van der Waals surface area (Å²) in [5, 5.41) is 8.94. The van der Waals surface area contributed by atoms with Gasteiger partial charge < -0.3 is 14.7 Å². The van der Waals surface area contributed by atoms with Gasteiger partial charge in [0.2, 0.25) is 5.91 Å².